The summed E-state index contributed by atoms with van der Waals surface area (Å²) in [4.78, 5) is 0. The number of aliphatic hydroxyl groups excluding tert-OH is 1. The average molecular weight is 156 g/mol. The summed E-state index contributed by atoms with van der Waals surface area (Å²) in [5, 5.41) is 15.6. The first kappa shape index (κ1) is 7.53. The Bertz CT molecular complexity index is 138. The van der Waals surface area contributed by atoms with Crippen molar-refractivity contribution in [1.29, 1.82) is 0 Å². The largest absolute Gasteiger partial charge is 0.396 e. The lowest BCUT2D eigenvalue weighted by atomic mass is 9.93. The number of fused-ring (bicyclic) bond motifs is 1. The van der Waals surface area contributed by atoms with Gasteiger partial charge in [0.05, 0.1) is 0 Å². The second-order valence-corrected chi connectivity index (χ2v) is 3.61. The van der Waals surface area contributed by atoms with Crippen LogP contribution in [0.25, 0.3) is 0 Å². The van der Waals surface area contributed by atoms with Crippen molar-refractivity contribution in [2.24, 2.45) is 11.8 Å². The zero-order valence-electron chi connectivity index (χ0n) is 6.71. The van der Waals surface area contributed by atoms with Gasteiger partial charge in [0.2, 0.25) is 0 Å². The molecular formula is C8H16N2O. The second kappa shape index (κ2) is 3.09. The standard InChI is InChI=1S/C8H16N2O/c11-2-1-8-7-5-9-3-6(7)4-10-8/h6-11H,1-5H2. The normalized spacial score (nSPS) is 42.8. The van der Waals surface area contributed by atoms with Gasteiger partial charge in [-0.15, -0.1) is 0 Å². The zero-order valence-corrected chi connectivity index (χ0v) is 6.71. The molecule has 3 heteroatoms. The van der Waals surface area contributed by atoms with E-state index >= 15 is 0 Å². The highest BCUT2D eigenvalue weighted by atomic mass is 16.3. The summed E-state index contributed by atoms with van der Waals surface area (Å²) < 4.78 is 0. The summed E-state index contributed by atoms with van der Waals surface area (Å²) >= 11 is 0. The van der Waals surface area contributed by atoms with E-state index < -0.39 is 0 Å². The van der Waals surface area contributed by atoms with Gasteiger partial charge >= 0.3 is 0 Å². The summed E-state index contributed by atoms with van der Waals surface area (Å²) in [5.74, 6) is 1.61. The van der Waals surface area contributed by atoms with Crippen molar-refractivity contribution in [3.8, 4) is 0 Å². The predicted molar refractivity (Wildman–Crippen MR) is 43.3 cm³/mol. The first-order valence-corrected chi connectivity index (χ1v) is 4.47. The van der Waals surface area contributed by atoms with Crippen molar-refractivity contribution in [3.05, 3.63) is 0 Å². The van der Waals surface area contributed by atoms with Crippen molar-refractivity contribution in [3.63, 3.8) is 0 Å². The van der Waals surface area contributed by atoms with Crippen molar-refractivity contribution in [2.75, 3.05) is 26.2 Å². The molecule has 3 nitrogen and oxygen atoms in total. The Hall–Kier alpha value is -0.120. The summed E-state index contributed by atoms with van der Waals surface area (Å²) in [6, 6.07) is 0.569. The molecule has 11 heavy (non-hydrogen) atoms. The molecule has 2 aliphatic heterocycles. The van der Waals surface area contributed by atoms with Crippen LogP contribution in [0.3, 0.4) is 0 Å². The molecule has 2 rings (SSSR count). The molecule has 0 aromatic carbocycles. The van der Waals surface area contributed by atoms with Gasteiger partial charge in [0.1, 0.15) is 0 Å². The lowest BCUT2D eigenvalue weighted by Gasteiger charge is -2.15. The van der Waals surface area contributed by atoms with Crippen LogP contribution in [0.1, 0.15) is 6.42 Å². The van der Waals surface area contributed by atoms with Crippen LogP contribution in [0, 0.1) is 11.8 Å². The highest BCUT2D eigenvalue weighted by Gasteiger charge is 2.38. The number of hydrogen-bond acceptors (Lipinski definition) is 3. The SMILES string of the molecule is OCCC1NCC2CNCC21. The number of aliphatic hydroxyl groups is 1. The van der Waals surface area contributed by atoms with E-state index in [1.54, 1.807) is 0 Å². The molecular weight excluding hydrogens is 140 g/mol. The molecule has 0 bridgehead atoms. The van der Waals surface area contributed by atoms with E-state index in [9.17, 15) is 0 Å². The Morgan fingerprint density at radius 3 is 3.00 bits per heavy atom. The Kier molecular flexibility index (Phi) is 2.11. The predicted octanol–water partition coefficient (Wildman–Crippen LogP) is -0.824. The van der Waals surface area contributed by atoms with Crippen LogP contribution in [-0.4, -0.2) is 37.4 Å². The van der Waals surface area contributed by atoms with Crippen LogP contribution in [-0.2, 0) is 0 Å². The molecule has 2 heterocycles. The minimum Gasteiger partial charge on any atom is -0.396 e. The highest BCUT2D eigenvalue weighted by Crippen LogP contribution is 2.26. The fourth-order valence-electron chi connectivity index (χ4n) is 2.36. The van der Waals surface area contributed by atoms with Gasteiger partial charge in [-0.2, -0.15) is 0 Å². The quantitative estimate of drug-likeness (QED) is 0.489. The van der Waals surface area contributed by atoms with Crippen LogP contribution < -0.4 is 10.6 Å². The molecule has 3 atom stereocenters. The van der Waals surface area contributed by atoms with Gasteiger partial charge in [-0.05, 0) is 37.9 Å². The van der Waals surface area contributed by atoms with E-state index in [0.717, 1.165) is 31.3 Å². The fourth-order valence-corrected chi connectivity index (χ4v) is 2.36. The minimum absolute atomic E-state index is 0.320. The summed E-state index contributed by atoms with van der Waals surface area (Å²) in [6.45, 7) is 3.77. The minimum atomic E-state index is 0.320. The van der Waals surface area contributed by atoms with E-state index in [1.807, 2.05) is 0 Å². The third-order valence-electron chi connectivity index (χ3n) is 2.99. The molecule has 0 aromatic heterocycles. The van der Waals surface area contributed by atoms with Crippen LogP contribution in [0.5, 0.6) is 0 Å². The van der Waals surface area contributed by atoms with Crippen molar-refractivity contribution in [2.45, 2.75) is 12.5 Å². The van der Waals surface area contributed by atoms with Crippen molar-refractivity contribution in [1.82, 2.24) is 10.6 Å². The summed E-state index contributed by atoms with van der Waals surface area (Å²) in [7, 11) is 0. The van der Waals surface area contributed by atoms with Crippen molar-refractivity contribution >= 4 is 0 Å². The van der Waals surface area contributed by atoms with Gasteiger partial charge in [-0.3, -0.25) is 0 Å². The fraction of sp³-hybridized carbons (Fsp3) is 1.00. The van der Waals surface area contributed by atoms with E-state index in [-0.39, 0.29) is 0 Å². The van der Waals surface area contributed by atoms with E-state index in [2.05, 4.69) is 10.6 Å². The van der Waals surface area contributed by atoms with E-state index in [4.69, 9.17) is 5.11 Å². The van der Waals surface area contributed by atoms with Crippen LogP contribution in [0.2, 0.25) is 0 Å². The highest BCUT2D eigenvalue weighted by molar-refractivity contribution is 4.96. The van der Waals surface area contributed by atoms with Crippen LogP contribution in [0.15, 0.2) is 0 Å². The van der Waals surface area contributed by atoms with Crippen LogP contribution >= 0.6 is 0 Å². The molecule has 0 amide bonds. The molecule has 2 fully saturated rings. The first-order chi connectivity index (χ1) is 5.42. The molecule has 64 valence electrons. The molecule has 0 spiro atoms. The molecule has 0 radical (unpaired) electrons. The molecule has 0 aromatic rings. The third kappa shape index (κ3) is 1.28. The van der Waals surface area contributed by atoms with Crippen molar-refractivity contribution < 1.29 is 5.11 Å². The maximum atomic E-state index is 8.79. The Labute approximate surface area is 67.2 Å². The molecule has 0 aliphatic carbocycles. The maximum Gasteiger partial charge on any atom is 0.0445 e. The maximum absolute atomic E-state index is 8.79. The number of nitrogens with one attached hydrogen (secondary N) is 2. The monoisotopic (exact) mass is 156 g/mol. The Balaban J connectivity index is 1.92. The number of rotatable bonds is 2. The van der Waals surface area contributed by atoms with Gasteiger partial charge in [0, 0.05) is 12.6 Å². The average Bonchev–Trinajstić information content (AvgIpc) is 2.53. The second-order valence-electron chi connectivity index (χ2n) is 3.61. The summed E-state index contributed by atoms with van der Waals surface area (Å²) in [5.41, 5.74) is 0. The van der Waals surface area contributed by atoms with E-state index in [1.165, 1.54) is 6.54 Å². The molecule has 3 N–H and O–H groups in total. The van der Waals surface area contributed by atoms with Gasteiger partial charge < -0.3 is 15.7 Å². The number of hydrogen-bond donors (Lipinski definition) is 3. The molecule has 0 saturated carbocycles. The van der Waals surface area contributed by atoms with E-state index in [0.29, 0.717) is 12.6 Å². The Morgan fingerprint density at radius 1 is 1.27 bits per heavy atom. The lowest BCUT2D eigenvalue weighted by Crippen LogP contribution is -2.31. The summed E-state index contributed by atoms with van der Waals surface area (Å²) in [6.07, 6.45) is 0.919. The topological polar surface area (TPSA) is 44.3 Å². The van der Waals surface area contributed by atoms with Gasteiger partial charge in [-0.25, -0.2) is 0 Å². The zero-order chi connectivity index (χ0) is 7.68. The smallest absolute Gasteiger partial charge is 0.0445 e. The Morgan fingerprint density at radius 2 is 2.18 bits per heavy atom. The lowest BCUT2D eigenvalue weighted by molar-refractivity contribution is 0.255. The third-order valence-corrected chi connectivity index (χ3v) is 2.99. The molecule has 3 unspecified atom stereocenters. The van der Waals surface area contributed by atoms with Gasteiger partial charge in [0.25, 0.3) is 0 Å². The first-order valence-electron chi connectivity index (χ1n) is 4.47. The van der Waals surface area contributed by atoms with Gasteiger partial charge in [-0.1, -0.05) is 0 Å². The van der Waals surface area contributed by atoms with Crippen LogP contribution in [0.4, 0.5) is 0 Å². The molecule has 2 aliphatic rings. The van der Waals surface area contributed by atoms with Gasteiger partial charge in [0.15, 0.2) is 0 Å². The molecule has 2 saturated heterocycles.